The van der Waals surface area contributed by atoms with E-state index in [1.807, 2.05) is 23.1 Å². The maximum atomic E-state index is 12.2. The average molecular weight is 371 g/mol. The first-order chi connectivity index (χ1) is 12.6. The van der Waals surface area contributed by atoms with Gasteiger partial charge in [-0.25, -0.2) is 14.8 Å². The van der Waals surface area contributed by atoms with E-state index in [0.717, 1.165) is 28.8 Å². The van der Waals surface area contributed by atoms with Crippen molar-refractivity contribution in [2.24, 2.45) is 0 Å². The zero-order valence-electron chi connectivity index (χ0n) is 14.8. The summed E-state index contributed by atoms with van der Waals surface area (Å²) in [5.41, 5.74) is 1.70. The second-order valence-corrected chi connectivity index (χ2v) is 6.66. The van der Waals surface area contributed by atoms with Crippen LogP contribution in [-0.4, -0.2) is 55.6 Å². The lowest BCUT2D eigenvalue weighted by atomic mass is 10.3. The van der Waals surface area contributed by atoms with Crippen LogP contribution in [0.25, 0.3) is 10.7 Å². The third kappa shape index (κ3) is 4.63. The van der Waals surface area contributed by atoms with Crippen LogP contribution in [0.4, 0.5) is 4.79 Å². The summed E-state index contributed by atoms with van der Waals surface area (Å²) >= 11 is 1.53. The molecule has 0 aliphatic heterocycles. The molecular formula is C17H21N7OS. The van der Waals surface area contributed by atoms with Gasteiger partial charge in [0.05, 0.1) is 11.9 Å². The maximum Gasteiger partial charge on any atom is 0.317 e. The molecule has 3 aromatic heterocycles. The highest BCUT2D eigenvalue weighted by molar-refractivity contribution is 7.13. The summed E-state index contributed by atoms with van der Waals surface area (Å²) in [4.78, 5) is 30.8. The van der Waals surface area contributed by atoms with Crippen molar-refractivity contribution < 1.29 is 4.79 Å². The summed E-state index contributed by atoms with van der Waals surface area (Å²) in [6.07, 6.45) is 9.34. The fourth-order valence-electron chi connectivity index (χ4n) is 2.38. The molecule has 0 saturated carbocycles. The normalized spacial score (nSPS) is 10.7. The van der Waals surface area contributed by atoms with Gasteiger partial charge in [-0.15, -0.1) is 11.3 Å². The molecule has 3 rings (SSSR count). The Hall–Kier alpha value is -2.81. The fraction of sp³-hybridized carbons (Fsp3) is 0.353. The quantitative estimate of drug-likeness (QED) is 0.686. The Morgan fingerprint density at radius 1 is 1.31 bits per heavy atom. The highest BCUT2D eigenvalue weighted by Gasteiger charge is 2.10. The van der Waals surface area contributed by atoms with E-state index in [2.05, 4.69) is 25.3 Å². The van der Waals surface area contributed by atoms with Gasteiger partial charge in [-0.05, 0) is 6.92 Å². The summed E-state index contributed by atoms with van der Waals surface area (Å²) < 4.78 is 2.02. The number of likely N-dealkylation sites (N-methyl/N-ethyl adjacent to an activating group) is 1. The van der Waals surface area contributed by atoms with Crippen molar-refractivity contribution in [3.8, 4) is 10.7 Å². The number of aromatic nitrogens is 5. The van der Waals surface area contributed by atoms with Crippen LogP contribution in [0, 0.1) is 6.92 Å². The molecule has 3 heterocycles. The predicted octanol–water partition coefficient (Wildman–Crippen LogP) is 1.99. The van der Waals surface area contributed by atoms with E-state index >= 15 is 0 Å². The number of nitrogens with one attached hydrogen (secondary N) is 1. The minimum absolute atomic E-state index is 0.0906. The number of hydrogen-bond acceptors (Lipinski definition) is 6. The molecule has 3 aromatic rings. The molecule has 0 aliphatic carbocycles. The molecule has 0 radical (unpaired) electrons. The van der Waals surface area contributed by atoms with E-state index in [4.69, 9.17) is 0 Å². The number of thiazole rings is 1. The standard InChI is InChI=1S/C17H21N7OS/c1-13-19-7-8-24(13)10-9-23(2)17(25)21-4-3-14-12-26-16(22-14)15-11-18-5-6-20-15/h5-8,11-12H,3-4,9-10H2,1-2H3,(H,21,25). The molecule has 2 amide bonds. The first-order valence-electron chi connectivity index (χ1n) is 8.31. The number of hydrogen-bond donors (Lipinski definition) is 1. The van der Waals surface area contributed by atoms with Gasteiger partial charge in [-0.2, -0.15) is 0 Å². The molecule has 8 nitrogen and oxygen atoms in total. The molecule has 9 heteroatoms. The van der Waals surface area contributed by atoms with Crippen LogP contribution in [0.15, 0.2) is 36.4 Å². The first kappa shape index (κ1) is 18.0. The van der Waals surface area contributed by atoms with Crippen molar-refractivity contribution in [3.05, 3.63) is 47.9 Å². The third-order valence-electron chi connectivity index (χ3n) is 3.94. The Kier molecular flexibility index (Phi) is 5.90. The number of rotatable bonds is 7. The lowest BCUT2D eigenvalue weighted by Gasteiger charge is -2.18. The second-order valence-electron chi connectivity index (χ2n) is 5.81. The number of amides is 2. The predicted molar refractivity (Wildman–Crippen MR) is 99.8 cm³/mol. The smallest absolute Gasteiger partial charge is 0.317 e. The van der Waals surface area contributed by atoms with Gasteiger partial charge in [0.2, 0.25) is 0 Å². The van der Waals surface area contributed by atoms with Gasteiger partial charge >= 0.3 is 6.03 Å². The topological polar surface area (TPSA) is 88.8 Å². The molecule has 1 N–H and O–H groups in total. The monoisotopic (exact) mass is 371 g/mol. The van der Waals surface area contributed by atoms with Gasteiger partial charge in [-0.3, -0.25) is 9.97 Å². The SMILES string of the molecule is Cc1nccn1CCN(C)C(=O)NCCc1csc(-c2cnccn2)n1. The van der Waals surface area contributed by atoms with Crippen molar-refractivity contribution in [1.82, 2.24) is 34.7 Å². The largest absolute Gasteiger partial charge is 0.338 e. The van der Waals surface area contributed by atoms with Crippen molar-refractivity contribution in [2.75, 3.05) is 20.1 Å². The maximum absolute atomic E-state index is 12.2. The molecule has 0 spiro atoms. The molecule has 136 valence electrons. The highest BCUT2D eigenvalue weighted by Crippen LogP contribution is 2.20. The molecule has 0 unspecified atom stereocenters. The van der Waals surface area contributed by atoms with Crippen LogP contribution in [0.3, 0.4) is 0 Å². The zero-order valence-corrected chi connectivity index (χ0v) is 15.6. The van der Waals surface area contributed by atoms with E-state index in [0.29, 0.717) is 19.5 Å². The van der Waals surface area contributed by atoms with Crippen LogP contribution in [0.5, 0.6) is 0 Å². The highest BCUT2D eigenvalue weighted by atomic mass is 32.1. The van der Waals surface area contributed by atoms with E-state index in [-0.39, 0.29) is 6.03 Å². The summed E-state index contributed by atoms with van der Waals surface area (Å²) in [6, 6.07) is -0.0906. The minimum Gasteiger partial charge on any atom is -0.338 e. The van der Waals surface area contributed by atoms with Crippen LogP contribution in [-0.2, 0) is 13.0 Å². The average Bonchev–Trinajstić information content (AvgIpc) is 3.29. The third-order valence-corrected chi connectivity index (χ3v) is 4.85. The lowest BCUT2D eigenvalue weighted by molar-refractivity contribution is 0.207. The van der Waals surface area contributed by atoms with Gasteiger partial charge in [0, 0.05) is 63.3 Å². The number of carbonyl (C=O) groups is 1. The Morgan fingerprint density at radius 2 is 2.19 bits per heavy atom. The molecule has 0 atom stereocenters. The van der Waals surface area contributed by atoms with Crippen molar-refractivity contribution in [2.45, 2.75) is 19.9 Å². The van der Waals surface area contributed by atoms with Gasteiger partial charge in [0.25, 0.3) is 0 Å². The number of aryl methyl sites for hydroxylation is 1. The van der Waals surface area contributed by atoms with E-state index in [1.165, 1.54) is 11.3 Å². The summed E-state index contributed by atoms with van der Waals surface area (Å²) in [5.74, 6) is 0.946. The molecule has 0 aromatic carbocycles. The van der Waals surface area contributed by atoms with Crippen LogP contribution >= 0.6 is 11.3 Å². The molecule has 0 saturated heterocycles. The van der Waals surface area contributed by atoms with Crippen LogP contribution in [0.1, 0.15) is 11.5 Å². The van der Waals surface area contributed by atoms with Crippen LogP contribution in [0.2, 0.25) is 0 Å². The summed E-state index contributed by atoms with van der Waals surface area (Å²) in [6.45, 7) is 3.83. The van der Waals surface area contributed by atoms with Gasteiger partial charge in [0.15, 0.2) is 0 Å². The first-order valence-corrected chi connectivity index (χ1v) is 9.19. The second kappa shape index (κ2) is 8.52. The van der Waals surface area contributed by atoms with Crippen molar-refractivity contribution in [3.63, 3.8) is 0 Å². The van der Waals surface area contributed by atoms with Crippen LogP contribution < -0.4 is 5.32 Å². The summed E-state index contributed by atoms with van der Waals surface area (Å²) in [5, 5.41) is 5.75. The number of nitrogens with zero attached hydrogens (tertiary/aromatic N) is 6. The fourth-order valence-corrected chi connectivity index (χ4v) is 3.20. The Morgan fingerprint density at radius 3 is 2.92 bits per heavy atom. The van der Waals surface area contributed by atoms with Crippen molar-refractivity contribution >= 4 is 17.4 Å². The number of urea groups is 1. The Bertz CT molecular complexity index is 846. The number of carbonyl (C=O) groups excluding carboxylic acids is 1. The number of imidazole rings is 1. The van der Waals surface area contributed by atoms with Crippen molar-refractivity contribution in [1.29, 1.82) is 0 Å². The van der Waals surface area contributed by atoms with Gasteiger partial charge in [0.1, 0.15) is 16.5 Å². The minimum atomic E-state index is -0.0906. The molecule has 0 bridgehead atoms. The van der Waals surface area contributed by atoms with E-state index < -0.39 is 0 Å². The Labute approximate surface area is 156 Å². The van der Waals surface area contributed by atoms with E-state index in [1.54, 1.807) is 36.7 Å². The molecule has 26 heavy (non-hydrogen) atoms. The zero-order chi connectivity index (χ0) is 18.4. The molecule has 0 fully saturated rings. The molecular weight excluding hydrogens is 350 g/mol. The van der Waals surface area contributed by atoms with Gasteiger partial charge in [-0.1, -0.05) is 0 Å². The lowest BCUT2D eigenvalue weighted by Crippen LogP contribution is -2.39. The molecule has 0 aliphatic rings. The van der Waals surface area contributed by atoms with Gasteiger partial charge < -0.3 is 14.8 Å². The summed E-state index contributed by atoms with van der Waals surface area (Å²) in [7, 11) is 1.79. The Balaban J connectivity index is 1.42. The van der Waals surface area contributed by atoms with E-state index in [9.17, 15) is 4.79 Å².